The van der Waals surface area contributed by atoms with Crippen LogP contribution in [0.2, 0.25) is 0 Å². The Bertz CT molecular complexity index is 302. The molecular formula is C7H3Br2F2I. The molecule has 0 radical (unpaired) electrons. The summed E-state index contributed by atoms with van der Waals surface area (Å²) in [5, 5.41) is 0. The topological polar surface area (TPSA) is 0 Å². The van der Waals surface area contributed by atoms with Crippen LogP contribution in [0.25, 0.3) is 0 Å². The Balaban J connectivity index is 3.23. The molecule has 0 aliphatic heterocycles. The quantitative estimate of drug-likeness (QED) is 0.462. The number of hydrogen-bond acceptors (Lipinski definition) is 0. The van der Waals surface area contributed by atoms with Crippen LogP contribution in [0.5, 0.6) is 0 Å². The lowest BCUT2D eigenvalue weighted by atomic mass is 10.2. The molecule has 5 heteroatoms. The lowest BCUT2D eigenvalue weighted by Gasteiger charge is -2.04. The minimum absolute atomic E-state index is 0.0160. The molecule has 66 valence electrons. The van der Waals surface area contributed by atoms with E-state index in [1.165, 1.54) is 6.07 Å². The Morgan fingerprint density at radius 2 is 1.75 bits per heavy atom. The zero-order valence-electron chi connectivity index (χ0n) is 5.62. The Morgan fingerprint density at radius 1 is 1.17 bits per heavy atom. The zero-order valence-corrected chi connectivity index (χ0v) is 11.0. The first-order valence-electron chi connectivity index (χ1n) is 2.95. The van der Waals surface area contributed by atoms with Gasteiger partial charge in [-0.1, -0.05) is 15.9 Å². The van der Waals surface area contributed by atoms with Gasteiger partial charge in [0.05, 0.1) is 0 Å². The third-order valence-corrected chi connectivity index (χ3v) is 4.25. The van der Waals surface area contributed by atoms with Gasteiger partial charge in [-0.2, -0.15) is 0 Å². The summed E-state index contributed by atoms with van der Waals surface area (Å²) in [5.41, 5.74) is 0.0160. The number of halogens is 5. The van der Waals surface area contributed by atoms with Gasteiger partial charge in [0.25, 0.3) is 6.43 Å². The highest BCUT2D eigenvalue weighted by atomic mass is 127. The number of rotatable bonds is 1. The van der Waals surface area contributed by atoms with Gasteiger partial charge in [0.2, 0.25) is 0 Å². The Morgan fingerprint density at radius 3 is 2.25 bits per heavy atom. The van der Waals surface area contributed by atoms with Crippen LogP contribution in [-0.2, 0) is 0 Å². The highest BCUT2D eigenvalue weighted by Crippen LogP contribution is 2.32. The SMILES string of the molecule is FC(F)c1cc(Br)c(I)cc1Br. The van der Waals surface area contributed by atoms with Crippen molar-refractivity contribution in [2.45, 2.75) is 6.43 Å². The van der Waals surface area contributed by atoms with E-state index in [-0.39, 0.29) is 5.56 Å². The maximum absolute atomic E-state index is 12.3. The summed E-state index contributed by atoms with van der Waals surface area (Å²) in [4.78, 5) is 0. The molecule has 0 spiro atoms. The molecule has 1 rings (SSSR count). The Hall–Kier alpha value is 0.770. The van der Waals surface area contributed by atoms with E-state index >= 15 is 0 Å². The van der Waals surface area contributed by atoms with Crippen LogP contribution in [0.1, 0.15) is 12.0 Å². The van der Waals surface area contributed by atoms with Crippen molar-refractivity contribution in [1.29, 1.82) is 0 Å². The van der Waals surface area contributed by atoms with Gasteiger partial charge in [-0.05, 0) is 50.7 Å². The summed E-state index contributed by atoms with van der Waals surface area (Å²) in [6.45, 7) is 0. The van der Waals surface area contributed by atoms with Gasteiger partial charge < -0.3 is 0 Å². The lowest BCUT2D eigenvalue weighted by Crippen LogP contribution is -1.88. The fourth-order valence-corrected chi connectivity index (χ4v) is 2.48. The second-order valence-corrected chi connectivity index (χ2v) is 4.96. The first-order chi connectivity index (χ1) is 5.52. The largest absolute Gasteiger partial charge is 0.264 e. The average Bonchev–Trinajstić information content (AvgIpc) is 1.96. The zero-order chi connectivity index (χ0) is 9.30. The lowest BCUT2D eigenvalue weighted by molar-refractivity contribution is 0.150. The molecule has 0 amide bonds. The highest BCUT2D eigenvalue weighted by molar-refractivity contribution is 14.1. The fraction of sp³-hybridized carbons (Fsp3) is 0.143. The molecule has 1 aromatic rings. The molecule has 0 fully saturated rings. The van der Waals surface area contributed by atoms with E-state index in [0.717, 1.165) is 3.57 Å². The van der Waals surface area contributed by atoms with Crippen molar-refractivity contribution in [3.8, 4) is 0 Å². The van der Waals surface area contributed by atoms with Gasteiger partial charge in [0, 0.05) is 18.1 Å². The van der Waals surface area contributed by atoms with Gasteiger partial charge in [0.15, 0.2) is 0 Å². The van der Waals surface area contributed by atoms with Crippen molar-refractivity contribution >= 4 is 54.5 Å². The molecule has 0 bridgehead atoms. The molecule has 0 aliphatic rings. The smallest absolute Gasteiger partial charge is 0.205 e. The molecule has 0 aromatic heterocycles. The maximum Gasteiger partial charge on any atom is 0.264 e. The van der Waals surface area contributed by atoms with Crippen molar-refractivity contribution in [3.05, 3.63) is 30.2 Å². The summed E-state index contributed by atoms with van der Waals surface area (Å²) in [6, 6.07) is 3.09. The second kappa shape index (κ2) is 4.32. The summed E-state index contributed by atoms with van der Waals surface area (Å²) in [7, 11) is 0. The number of benzene rings is 1. The highest BCUT2D eigenvalue weighted by Gasteiger charge is 2.13. The standard InChI is InChI=1S/C7H3Br2F2I/c8-4-2-6(12)5(9)1-3(4)7(10)11/h1-2,7H. The predicted molar refractivity (Wildman–Crippen MR) is 59.5 cm³/mol. The minimum atomic E-state index is -2.44. The van der Waals surface area contributed by atoms with Gasteiger partial charge in [0.1, 0.15) is 0 Å². The van der Waals surface area contributed by atoms with E-state index in [2.05, 4.69) is 54.5 Å². The molecule has 0 heterocycles. The second-order valence-electron chi connectivity index (χ2n) is 2.09. The van der Waals surface area contributed by atoms with Gasteiger partial charge in [-0.15, -0.1) is 0 Å². The van der Waals surface area contributed by atoms with E-state index in [9.17, 15) is 8.78 Å². The fourth-order valence-electron chi connectivity index (χ4n) is 0.705. The predicted octanol–water partition coefficient (Wildman–Crippen LogP) is 4.75. The van der Waals surface area contributed by atoms with Crippen molar-refractivity contribution in [3.63, 3.8) is 0 Å². The molecular weight excluding hydrogens is 409 g/mol. The normalized spacial score (nSPS) is 10.8. The third-order valence-electron chi connectivity index (χ3n) is 1.27. The molecule has 0 aliphatic carbocycles. The van der Waals surface area contributed by atoms with Gasteiger partial charge in [-0.3, -0.25) is 0 Å². The maximum atomic E-state index is 12.3. The Kier molecular flexibility index (Phi) is 3.91. The number of alkyl halides is 2. The third kappa shape index (κ3) is 2.38. The van der Waals surface area contributed by atoms with E-state index in [1.807, 2.05) is 0 Å². The first-order valence-corrected chi connectivity index (χ1v) is 5.61. The molecule has 0 atom stereocenters. The van der Waals surface area contributed by atoms with Crippen LogP contribution < -0.4 is 0 Å². The molecule has 0 saturated carbocycles. The van der Waals surface area contributed by atoms with E-state index in [1.54, 1.807) is 6.07 Å². The Labute approximate surface area is 99.1 Å². The monoisotopic (exact) mass is 410 g/mol. The van der Waals surface area contributed by atoms with E-state index in [0.29, 0.717) is 8.95 Å². The summed E-state index contributed by atoms with van der Waals surface area (Å²) in [6.07, 6.45) is -2.44. The van der Waals surface area contributed by atoms with Crippen molar-refractivity contribution < 1.29 is 8.78 Å². The van der Waals surface area contributed by atoms with Crippen LogP contribution >= 0.6 is 54.5 Å². The van der Waals surface area contributed by atoms with Gasteiger partial charge >= 0.3 is 0 Å². The molecule has 1 aromatic carbocycles. The van der Waals surface area contributed by atoms with E-state index < -0.39 is 6.43 Å². The van der Waals surface area contributed by atoms with Crippen LogP contribution in [0, 0.1) is 3.57 Å². The molecule has 0 N–H and O–H groups in total. The summed E-state index contributed by atoms with van der Waals surface area (Å²) >= 11 is 8.33. The summed E-state index contributed by atoms with van der Waals surface area (Å²) < 4.78 is 26.6. The molecule has 0 saturated heterocycles. The van der Waals surface area contributed by atoms with Crippen LogP contribution in [-0.4, -0.2) is 0 Å². The van der Waals surface area contributed by atoms with Crippen molar-refractivity contribution in [1.82, 2.24) is 0 Å². The van der Waals surface area contributed by atoms with Crippen molar-refractivity contribution in [2.24, 2.45) is 0 Å². The molecule has 12 heavy (non-hydrogen) atoms. The minimum Gasteiger partial charge on any atom is -0.205 e. The average molecular weight is 412 g/mol. The first kappa shape index (κ1) is 10.8. The summed E-state index contributed by atoms with van der Waals surface area (Å²) in [5.74, 6) is 0. The molecule has 0 nitrogen and oxygen atoms in total. The van der Waals surface area contributed by atoms with Crippen LogP contribution in [0.3, 0.4) is 0 Å². The van der Waals surface area contributed by atoms with Crippen molar-refractivity contribution in [2.75, 3.05) is 0 Å². The van der Waals surface area contributed by atoms with E-state index in [4.69, 9.17) is 0 Å². The van der Waals surface area contributed by atoms with Crippen LogP contribution in [0.4, 0.5) is 8.78 Å². The van der Waals surface area contributed by atoms with Crippen LogP contribution in [0.15, 0.2) is 21.1 Å². The van der Waals surface area contributed by atoms with Gasteiger partial charge in [-0.25, -0.2) is 8.78 Å². The number of hydrogen-bond donors (Lipinski definition) is 0. The molecule has 0 unspecified atom stereocenters.